The number of carbonyl (C=O) groups excluding carboxylic acids is 2. The number of benzene rings is 2. The van der Waals surface area contributed by atoms with Gasteiger partial charge >= 0.3 is 6.03 Å². The molecule has 4 nitrogen and oxygen atoms in total. The van der Waals surface area contributed by atoms with Crippen LogP contribution in [0.3, 0.4) is 0 Å². The summed E-state index contributed by atoms with van der Waals surface area (Å²) in [7, 11) is 0. The molecule has 2 rings (SSSR count). The molecule has 0 aromatic heterocycles. The maximum atomic E-state index is 11.9. The molecule has 0 unspecified atom stereocenters. The fourth-order valence-electron chi connectivity index (χ4n) is 1.87. The number of anilines is 1. The SMILES string of the molecule is O=C[C@H](Cc1ccccc1)NC(=O)Nc1ccc(Br)cc1. The fourth-order valence-corrected chi connectivity index (χ4v) is 2.13. The summed E-state index contributed by atoms with van der Waals surface area (Å²) in [5.41, 5.74) is 1.67. The molecule has 0 heterocycles. The predicted octanol–water partition coefficient (Wildman–Crippen LogP) is 3.38. The molecule has 0 saturated heterocycles. The van der Waals surface area contributed by atoms with Gasteiger partial charge in [0.25, 0.3) is 0 Å². The molecule has 0 saturated carbocycles. The van der Waals surface area contributed by atoms with Gasteiger partial charge < -0.3 is 15.4 Å². The van der Waals surface area contributed by atoms with Gasteiger partial charge in [-0.05, 0) is 36.2 Å². The van der Waals surface area contributed by atoms with Gasteiger partial charge in [0.2, 0.25) is 0 Å². The van der Waals surface area contributed by atoms with Crippen LogP contribution >= 0.6 is 15.9 Å². The van der Waals surface area contributed by atoms with Crippen molar-refractivity contribution in [2.75, 3.05) is 5.32 Å². The summed E-state index contributed by atoms with van der Waals surface area (Å²) in [6.07, 6.45) is 1.21. The van der Waals surface area contributed by atoms with E-state index in [1.165, 1.54) is 0 Å². The maximum Gasteiger partial charge on any atom is 0.319 e. The molecular weight excluding hydrogens is 332 g/mol. The summed E-state index contributed by atoms with van der Waals surface area (Å²) in [6.45, 7) is 0. The smallest absolute Gasteiger partial charge is 0.319 e. The van der Waals surface area contributed by atoms with Crippen molar-refractivity contribution < 1.29 is 9.59 Å². The second-order valence-corrected chi connectivity index (χ2v) is 5.45. The van der Waals surface area contributed by atoms with E-state index in [2.05, 4.69) is 26.6 Å². The number of hydrogen-bond acceptors (Lipinski definition) is 2. The Balaban J connectivity index is 1.90. The zero-order valence-corrected chi connectivity index (χ0v) is 12.8. The first-order valence-corrected chi connectivity index (χ1v) is 7.29. The molecule has 21 heavy (non-hydrogen) atoms. The molecule has 0 aliphatic carbocycles. The number of amides is 2. The number of nitrogens with one attached hydrogen (secondary N) is 2. The normalized spacial score (nSPS) is 11.5. The van der Waals surface area contributed by atoms with E-state index in [9.17, 15) is 9.59 Å². The van der Waals surface area contributed by atoms with Gasteiger partial charge in [-0.15, -0.1) is 0 Å². The van der Waals surface area contributed by atoms with Crippen LogP contribution in [0.4, 0.5) is 10.5 Å². The second-order valence-electron chi connectivity index (χ2n) is 4.54. The Kier molecular flexibility index (Phi) is 5.51. The van der Waals surface area contributed by atoms with Crippen LogP contribution in [-0.2, 0) is 11.2 Å². The predicted molar refractivity (Wildman–Crippen MR) is 86.3 cm³/mol. The van der Waals surface area contributed by atoms with E-state index in [0.29, 0.717) is 12.1 Å². The molecule has 0 fully saturated rings. The van der Waals surface area contributed by atoms with Crippen LogP contribution in [0.5, 0.6) is 0 Å². The van der Waals surface area contributed by atoms with E-state index in [4.69, 9.17) is 0 Å². The molecule has 2 aromatic rings. The van der Waals surface area contributed by atoms with Gasteiger partial charge in [-0.2, -0.15) is 0 Å². The van der Waals surface area contributed by atoms with Crippen molar-refractivity contribution in [3.8, 4) is 0 Å². The number of aldehydes is 1. The summed E-state index contributed by atoms with van der Waals surface area (Å²) in [6, 6.07) is 15.8. The minimum atomic E-state index is -0.553. The van der Waals surface area contributed by atoms with E-state index in [0.717, 1.165) is 16.3 Å². The number of rotatable bonds is 5. The average molecular weight is 347 g/mol. The molecule has 0 bridgehead atoms. The Morgan fingerprint density at radius 1 is 1.10 bits per heavy atom. The highest BCUT2D eigenvalue weighted by atomic mass is 79.9. The monoisotopic (exact) mass is 346 g/mol. The highest BCUT2D eigenvalue weighted by Gasteiger charge is 2.12. The van der Waals surface area contributed by atoms with Crippen LogP contribution in [-0.4, -0.2) is 18.4 Å². The van der Waals surface area contributed by atoms with Crippen molar-refractivity contribution in [1.82, 2.24) is 5.32 Å². The number of carbonyl (C=O) groups is 2. The average Bonchev–Trinajstić information content (AvgIpc) is 2.50. The lowest BCUT2D eigenvalue weighted by Crippen LogP contribution is -2.40. The Bertz CT molecular complexity index is 599. The van der Waals surface area contributed by atoms with Crippen LogP contribution in [0, 0.1) is 0 Å². The van der Waals surface area contributed by atoms with E-state index in [-0.39, 0.29) is 0 Å². The van der Waals surface area contributed by atoms with Gasteiger partial charge in [-0.25, -0.2) is 4.79 Å². The first-order valence-electron chi connectivity index (χ1n) is 6.49. The van der Waals surface area contributed by atoms with Crippen molar-refractivity contribution in [2.24, 2.45) is 0 Å². The van der Waals surface area contributed by atoms with Gasteiger partial charge in [-0.3, -0.25) is 0 Å². The molecule has 5 heteroatoms. The molecule has 2 N–H and O–H groups in total. The molecular formula is C16H15BrN2O2. The largest absolute Gasteiger partial charge is 0.328 e. The first kappa shape index (κ1) is 15.3. The lowest BCUT2D eigenvalue weighted by atomic mass is 10.1. The van der Waals surface area contributed by atoms with Crippen LogP contribution in [0.15, 0.2) is 59.1 Å². The summed E-state index contributed by atoms with van der Waals surface area (Å²) in [5.74, 6) is 0. The molecule has 108 valence electrons. The lowest BCUT2D eigenvalue weighted by Gasteiger charge is -2.13. The summed E-state index contributed by atoms with van der Waals surface area (Å²) < 4.78 is 0.934. The molecule has 0 spiro atoms. The summed E-state index contributed by atoms with van der Waals surface area (Å²) in [4.78, 5) is 23.0. The van der Waals surface area contributed by atoms with Crippen LogP contribution < -0.4 is 10.6 Å². The lowest BCUT2D eigenvalue weighted by molar-refractivity contribution is -0.109. The van der Waals surface area contributed by atoms with Gasteiger partial charge in [0.05, 0.1) is 6.04 Å². The molecule has 0 radical (unpaired) electrons. The van der Waals surface area contributed by atoms with E-state index in [1.54, 1.807) is 12.1 Å². The van der Waals surface area contributed by atoms with Gasteiger partial charge in [0, 0.05) is 10.2 Å². The van der Waals surface area contributed by atoms with E-state index >= 15 is 0 Å². The maximum absolute atomic E-state index is 11.9. The first-order chi connectivity index (χ1) is 10.2. The Hall–Kier alpha value is -2.14. The van der Waals surface area contributed by atoms with Crippen molar-refractivity contribution >= 4 is 33.9 Å². The third-order valence-electron chi connectivity index (χ3n) is 2.88. The Labute approximate surface area is 131 Å². The second kappa shape index (κ2) is 7.59. The minimum absolute atomic E-state index is 0.398. The van der Waals surface area contributed by atoms with Crippen LogP contribution in [0.25, 0.3) is 0 Å². The van der Waals surface area contributed by atoms with E-state index < -0.39 is 12.1 Å². The quantitative estimate of drug-likeness (QED) is 0.815. The number of urea groups is 1. The van der Waals surface area contributed by atoms with Crippen LogP contribution in [0.2, 0.25) is 0 Å². The Morgan fingerprint density at radius 2 is 1.76 bits per heavy atom. The third kappa shape index (κ3) is 5.04. The van der Waals surface area contributed by atoms with Gasteiger partial charge in [-0.1, -0.05) is 46.3 Å². The molecule has 2 amide bonds. The minimum Gasteiger partial charge on any atom is -0.328 e. The molecule has 1 atom stereocenters. The Morgan fingerprint density at radius 3 is 2.38 bits per heavy atom. The molecule has 2 aromatic carbocycles. The zero-order chi connectivity index (χ0) is 15.1. The van der Waals surface area contributed by atoms with Crippen molar-refractivity contribution in [3.05, 3.63) is 64.6 Å². The van der Waals surface area contributed by atoms with Gasteiger partial charge in [0.1, 0.15) is 6.29 Å². The highest BCUT2D eigenvalue weighted by Crippen LogP contribution is 2.13. The highest BCUT2D eigenvalue weighted by molar-refractivity contribution is 9.10. The molecule has 0 aliphatic rings. The number of halogens is 1. The van der Waals surface area contributed by atoms with E-state index in [1.807, 2.05) is 42.5 Å². The fraction of sp³-hybridized carbons (Fsp3) is 0.125. The standard InChI is InChI=1S/C16H15BrN2O2/c17-13-6-8-14(9-7-13)18-16(21)19-15(11-20)10-12-4-2-1-3-5-12/h1-9,11,15H,10H2,(H2,18,19,21)/t15-/m0/s1. The summed E-state index contributed by atoms with van der Waals surface area (Å²) in [5, 5.41) is 5.34. The zero-order valence-electron chi connectivity index (χ0n) is 11.3. The third-order valence-corrected chi connectivity index (χ3v) is 3.41. The summed E-state index contributed by atoms with van der Waals surface area (Å²) >= 11 is 3.33. The van der Waals surface area contributed by atoms with Crippen molar-refractivity contribution in [1.29, 1.82) is 0 Å². The van der Waals surface area contributed by atoms with Crippen molar-refractivity contribution in [2.45, 2.75) is 12.5 Å². The van der Waals surface area contributed by atoms with Gasteiger partial charge in [0.15, 0.2) is 0 Å². The van der Waals surface area contributed by atoms with Crippen molar-refractivity contribution in [3.63, 3.8) is 0 Å². The number of hydrogen-bond donors (Lipinski definition) is 2. The van der Waals surface area contributed by atoms with Crippen LogP contribution in [0.1, 0.15) is 5.56 Å². The molecule has 0 aliphatic heterocycles. The topological polar surface area (TPSA) is 58.2 Å².